The van der Waals surface area contributed by atoms with Crippen molar-refractivity contribution >= 4 is 22.2 Å². The molecule has 4 heteroatoms. The van der Waals surface area contributed by atoms with E-state index in [0.717, 1.165) is 16.5 Å². The number of ether oxygens (including phenoxy) is 1. The van der Waals surface area contributed by atoms with E-state index in [0.29, 0.717) is 5.69 Å². The summed E-state index contributed by atoms with van der Waals surface area (Å²) in [7, 11) is 3.25. The number of aldehydes is 1. The summed E-state index contributed by atoms with van der Waals surface area (Å²) < 4.78 is 4.99. The number of carbonyl (C=O) groups excluding carboxylic acids is 1. The van der Waals surface area contributed by atoms with Crippen LogP contribution in [-0.2, 0) is 4.74 Å². The molecule has 0 unspecified atom stereocenters. The van der Waals surface area contributed by atoms with Crippen LogP contribution in [0.25, 0.3) is 0 Å². The molecule has 0 spiro atoms. The molecule has 0 aliphatic carbocycles. The van der Waals surface area contributed by atoms with Crippen molar-refractivity contribution in [2.24, 2.45) is 0 Å². The highest BCUT2D eigenvalue weighted by Gasteiger charge is 1.97. The Morgan fingerprint density at radius 3 is 2.13 bits per heavy atom. The molecule has 0 bridgehead atoms. The largest absolute Gasteiger partial charge is 0.388 e. The second-order valence-corrected chi connectivity index (χ2v) is 3.20. The maximum Gasteiger partial charge on any atom is 0.169 e. The van der Waals surface area contributed by atoms with Gasteiger partial charge in [0.2, 0.25) is 0 Å². The number of halogens is 1. The minimum absolute atomic E-state index is 0.458. The van der Waals surface area contributed by atoms with Gasteiger partial charge in [0, 0.05) is 24.4 Å². The first-order valence-corrected chi connectivity index (χ1v) is 5.43. The smallest absolute Gasteiger partial charge is 0.169 e. The van der Waals surface area contributed by atoms with Crippen molar-refractivity contribution in [1.29, 1.82) is 0 Å². The van der Waals surface area contributed by atoms with Crippen LogP contribution in [0.5, 0.6) is 0 Å². The molecule has 0 fully saturated rings. The van der Waals surface area contributed by atoms with E-state index >= 15 is 0 Å². The number of aryl methyl sites for hydroxylation is 1. The number of hydrogen-bond donors (Lipinski definition) is 0. The molecular formula is C11H18BrNO2. The van der Waals surface area contributed by atoms with E-state index in [1.807, 2.05) is 32.9 Å². The molecule has 0 saturated heterocycles. The van der Waals surface area contributed by atoms with Crippen molar-refractivity contribution in [1.82, 2.24) is 4.98 Å². The quantitative estimate of drug-likeness (QED) is 0.739. The SMILES string of the molecule is CC.COC.Cc1ccc(Br)c(C=O)n1. The van der Waals surface area contributed by atoms with Crippen molar-refractivity contribution in [2.75, 3.05) is 14.2 Å². The first-order chi connectivity index (χ1) is 7.15. The van der Waals surface area contributed by atoms with Crippen molar-refractivity contribution in [3.63, 3.8) is 0 Å². The number of hydrogen-bond acceptors (Lipinski definition) is 3. The number of aromatic nitrogens is 1. The molecule has 3 nitrogen and oxygen atoms in total. The molecule has 0 N–H and O–H groups in total. The molecule has 1 heterocycles. The van der Waals surface area contributed by atoms with Crippen molar-refractivity contribution < 1.29 is 9.53 Å². The van der Waals surface area contributed by atoms with Crippen LogP contribution in [0.1, 0.15) is 30.0 Å². The lowest BCUT2D eigenvalue weighted by molar-refractivity contribution is 0.111. The van der Waals surface area contributed by atoms with E-state index < -0.39 is 0 Å². The summed E-state index contributed by atoms with van der Waals surface area (Å²) in [5.41, 5.74) is 1.31. The van der Waals surface area contributed by atoms with Crippen LogP contribution in [0.3, 0.4) is 0 Å². The molecule has 0 saturated carbocycles. The highest BCUT2D eigenvalue weighted by atomic mass is 79.9. The molecule has 0 amide bonds. The Kier molecular flexibility index (Phi) is 12.6. The molecule has 15 heavy (non-hydrogen) atoms. The normalized spacial score (nSPS) is 7.87. The second kappa shape index (κ2) is 11.3. The van der Waals surface area contributed by atoms with E-state index in [1.54, 1.807) is 14.2 Å². The topological polar surface area (TPSA) is 39.2 Å². The van der Waals surface area contributed by atoms with E-state index in [1.165, 1.54) is 0 Å². The maximum atomic E-state index is 10.3. The fourth-order valence-electron chi connectivity index (χ4n) is 0.642. The first-order valence-electron chi connectivity index (χ1n) is 4.64. The summed E-state index contributed by atoms with van der Waals surface area (Å²) in [6, 6.07) is 3.66. The molecule has 1 rings (SSSR count). The van der Waals surface area contributed by atoms with Crippen LogP contribution in [0.15, 0.2) is 16.6 Å². The van der Waals surface area contributed by atoms with Crippen molar-refractivity contribution in [3.05, 3.63) is 28.0 Å². The van der Waals surface area contributed by atoms with Crippen LogP contribution in [0, 0.1) is 6.92 Å². The Hall–Kier alpha value is -0.740. The van der Waals surface area contributed by atoms with Gasteiger partial charge in [-0.1, -0.05) is 13.8 Å². The second-order valence-electron chi connectivity index (χ2n) is 2.35. The zero-order valence-corrected chi connectivity index (χ0v) is 11.5. The summed E-state index contributed by atoms with van der Waals surface area (Å²) >= 11 is 3.20. The third-order valence-electron chi connectivity index (χ3n) is 1.12. The average molecular weight is 276 g/mol. The highest BCUT2D eigenvalue weighted by molar-refractivity contribution is 9.10. The average Bonchev–Trinajstić information content (AvgIpc) is 2.26. The van der Waals surface area contributed by atoms with Gasteiger partial charge in [-0.05, 0) is 35.0 Å². The summed E-state index contributed by atoms with van der Waals surface area (Å²) in [5, 5.41) is 0. The molecule has 0 aliphatic rings. The highest BCUT2D eigenvalue weighted by Crippen LogP contribution is 2.12. The monoisotopic (exact) mass is 275 g/mol. The van der Waals surface area contributed by atoms with Crippen LogP contribution in [0.2, 0.25) is 0 Å². The minimum Gasteiger partial charge on any atom is -0.388 e. The lowest BCUT2D eigenvalue weighted by Crippen LogP contribution is -1.89. The van der Waals surface area contributed by atoms with Gasteiger partial charge in [-0.2, -0.15) is 0 Å². The van der Waals surface area contributed by atoms with Gasteiger partial charge in [-0.25, -0.2) is 4.98 Å². The van der Waals surface area contributed by atoms with Gasteiger partial charge >= 0.3 is 0 Å². The van der Waals surface area contributed by atoms with Gasteiger partial charge in [0.1, 0.15) is 5.69 Å². The van der Waals surface area contributed by atoms with Crippen LogP contribution < -0.4 is 0 Å². The fourth-order valence-corrected chi connectivity index (χ4v) is 0.957. The van der Waals surface area contributed by atoms with Crippen molar-refractivity contribution in [3.8, 4) is 0 Å². The van der Waals surface area contributed by atoms with Crippen LogP contribution >= 0.6 is 15.9 Å². The predicted molar refractivity (Wildman–Crippen MR) is 66.3 cm³/mol. The van der Waals surface area contributed by atoms with E-state index in [9.17, 15) is 4.79 Å². The van der Waals surface area contributed by atoms with Crippen LogP contribution in [-0.4, -0.2) is 25.5 Å². The van der Waals surface area contributed by atoms with Gasteiger partial charge in [0.05, 0.1) is 0 Å². The summed E-state index contributed by atoms with van der Waals surface area (Å²) in [6.07, 6.45) is 0.733. The van der Waals surface area contributed by atoms with E-state index in [4.69, 9.17) is 0 Å². The Morgan fingerprint density at radius 1 is 1.33 bits per heavy atom. The lowest BCUT2D eigenvalue weighted by Gasteiger charge is -1.94. The molecule has 0 aromatic carbocycles. The number of rotatable bonds is 1. The van der Waals surface area contributed by atoms with Gasteiger partial charge < -0.3 is 4.74 Å². The molecule has 1 aromatic heterocycles. The molecule has 0 radical (unpaired) electrons. The molecule has 1 aromatic rings. The standard InChI is InChI=1S/C7H6BrNO.C2H6O.C2H6/c1-5-2-3-6(8)7(4-10)9-5;1-3-2;1-2/h2-4H,1H3;1-2H3;1-2H3. The first kappa shape index (κ1) is 16.7. The number of carbonyl (C=O) groups is 1. The summed E-state index contributed by atoms with van der Waals surface area (Å²) in [5.74, 6) is 0. The van der Waals surface area contributed by atoms with Gasteiger partial charge in [0.15, 0.2) is 6.29 Å². The summed E-state index contributed by atoms with van der Waals surface area (Å²) in [4.78, 5) is 14.3. The number of methoxy groups -OCH3 is 1. The van der Waals surface area contributed by atoms with E-state index in [2.05, 4.69) is 25.7 Å². The van der Waals surface area contributed by atoms with Crippen molar-refractivity contribution in [2.45, 2.75) is 20.8 Å². The number of nitrogens with zero attached hydrogens (tertiary/aromatic N) is 1. The maximum absolute atomic E-state index is 10.3. The summed E-state index contributed by atoms with van der Waals surface area (Å²) in [6.45, 7) is 5.85. The Labute approximate surface area is 100.0 Å². The third-order valence-corrected chi connectivity index (χ3v) is 1.79. The zero-order valence-electron chi connectivity index (χ0n) is 9.87. The minimum atomic E-state index is 0.458. The third kappa shape index (κ3) is 8.27. The van der Waals surface area contributed by atoms with Gasteiger partial charge in [-0.15, -0.1) is 0 Å². The zero-order chi connectivity index (χ0) is 12.3. The Bertz CT molecular complexity index is 277. The predicted octanol–water partition coefficient (Wildman–Crippen LogP) is 3.25. The Balaban J connectivity index is 0. The van der Waals surface area contributed by atoms with Crippen LogP contribution in [0.4, 0.5) is 0 Å². The van der Waals surface area contributed by atoms with Gasteiger partial charge in [-0.3, -0.25) is 4.79 Å². The molecule has 86 valence electrons. The number of pyridine rings is 1. The van der Waals surface area contributed by atoms with Gasteiger partial charge in [0.25, 0.3) is 0 Å². The molecular weight excluding hydrogens is 258 g/mol. The fraction of sp³-hybridized carbons (Fsp3) is 0.455. The van der Waals surface area contributed by atoms with E-state index in [-0.39, 0.29) is 0 Å². The molecule has 0 aliphatic heterocycles. The molecule has 0 atom stereocenters. The Morgan fingerprint density at radius 2 is 1.80 bits per heavy atom. The lowest BCUT2D eigenvalue weighted by atomic mass is 10.3.